The summed E-state index contributed by atoms with van der Waals surface area (Å²) in [5.41, 5.74) is 0.0466. The van der Waals surface area contributed by atoms with E-state index in [0.29, 0.717) is 31.7 Å². The molecule has 7 nitrogen and oxygen atoms in total. The van der Waals surface area contributed by atoms with Crippen molar-refractivity contribution < 1.29 is 9.53 Å². The fourth-order valence-corrected chi connectivity index (χ4v) is 2.28. The maximum absolute atomic E-state index is 12.0. The van der Waals surface area contributed by atoms with Gasteiger partial charge in [0.25, 0.3) is 11.8 Å². The second kappa shape index (κ2) is 5.78. The zero-order chi connectivity index (χ0) is 14.7. The lowest BCUT2D eigenvalue weighted by atomic mass is 9.97. The van der Waals surface area contributed by atoms with E-state index in [1.54, 1.807) is 11.9 Å². The summed E-state index contributed by atoms with van der Waals surface area (Å²) in [7, 11) is 7.25. The summed E-state index contributed by atoms with van der Waals surface area (Å²) >= 11 is 0. The number of piperidine rings is 1. The number of anilines is 1. The van der Waals surface area contributed by atoms with Crippen LogP contribution in [0.4, 0.5) is 5.82 Å². The van der Waals surface area contributed by atoms with Crippen LogP contribution in [0.15, 0.2) is 11.0 Å². The average Bonchev–Trinajstić information content (AvgIpc) is 2.43. The molecule has 1 fully saturated rings. The molecule has 2 heterocycles. The van der Waals surface area contributed by atoms with Crippen LogP contribution in [0.2, 0.25) is 0 Å². The summed E-state index contributed by atoms with van der Waals surface area (Å²) in [6, 6.07) is 0. The third-order valence-electron chi connectivity index (χ3n) is 3.35. The highest BCUT2D eigenvalue weighted by Gasteiger charge is 2.28. The quantitative estimate of drug-likeness (QED) is 0.382. The first-order chi connectivity index (χ1) is 9.52. The smallest absolute Gasteiger partial charge is 0.324 e. The third-order valence-corrected chi connectivity index (χ3v) is 3.35. The number of carbonyl (C=O) groups excluding carboxylic acids is 1. The molecule has 0 unspecified atom stereocenters. The van der Waals surface area contributed by atoms with Crippen LogP contribution < -0.4 is 16.1 Å². The van der Waals surface area contributed by atoms with E-state index >= 15 is 0 Å². The Bertz CT molecular complexity index is 614. The molecule has 0 spiro atoms. The number of rotatable bonds is 2. The van der Waals surface area contributed by atoms with E-state index in [-0.39, 0.29) is 17.1 Å². The van der Waals surface area contributed by atoms with Crippen LogP contribution in [0.5, 0.6) is 0 Å². The molecular formula is C12H13BN4O3. The van der Waals surface area contributed by atoms with E-state index in [9.17, 15) is 9.59 Å². The van der Waals surface area contributed by atoms with Crippen LogP contribution >= 0.6 is 0 Å². The molecule has 1 saturated heterocycles. The molecule has 0 bridgehead atoms. The summed E-state index contributed by atoms with van der Waals surface area (Å²) in [6.45, 7) is 0.994. The van der Waals surface area contributed by atoms with Crippen molar-refractivity contribution in [1.29, 1.82) is 5.26 Å². The number of nitrogens with zero attached hydrogens (tertiary/aromatic N) is 4. The molecule has 0 N–H and O–H groups in total. The van der Waals surface area contributed by atoms with Gasteiger partial charge in [-0.1, -0.05) is 0 Å². The van der Waals surface area contributed by atoms with Crippen molar-refractivity contribution in [1.82, 2.24) is 9.55 Å². The number of ether oxygens (including phenoxy) is 1. The Labute approximate surface area is 117 Å². The average molecular weight is 272 g/mol. The standard InChI is InChI=1S/C12H13BN4O3/c1-16-6-9(13)15-10(11(16)18)17-4-2-8(3-5-17)12(19)20-7-14/h6,8H,2-5H2,1H3. The van der Waals surface area contributed by atoms with Crippen molar-refractivity contribution in [3.05, 3.63) is 16.6 Å². The predicted molar refractivity (Wildman–Crippen MR) is 71.5 cm³/mol. The van der Waals surface area contributed by atoms with Crippen molar-refractivity contribution in [3.8, 4) is 6.26 Å². The number of nitriles is 1. The highest BCUT2D eigenvalue weighted by Crippen LogP contribution is 2.20. The van der Waals surface area contributed by atoms with Crippen LogP contribution in [0.3, 0.4) is 0 Å². The summed E-state index contributed by atoms with van der Waals surface area (Å²) in [5, 5.41) is 8.32. The molecule has 0 saturated carbocycles. The van der Waals surface area contributed by atoms with Gasteiger partial charge in [-0.2, -0.15) is 0 Å². The normalized spacial score (nSPS) is 15.7. The Morgan fingerprint density at radius 1 is 1.55 bits per heavy atom. The highest BCUT2D eigenvalue weighted by molar-refractivity contribution is 6.30. The molecule has 1 aromatic rings. The van der Waals surface area contributed by atoms with Crippen LogP contribution in [0.1, 0.15) is 12.8 Å². The monoisotopic (exact) mass is 272 g/mol. The van der Waals surface area contributed by atoms with Crippen molar-refractivity contribution in [3.63, 3.8) is 0 Å². The lowest BCUT2D eigenvalue weighted by molar-refractivity contribution is -0.142. The summed E-state index contributed by atoms with van der Waals surface area (Å²) in [6.07, 6.45) is 3.88. The lowest BCUT2D eigenvalue weighted by Gasteiger charge is -2.31. The second-order valence-corrected chi connectivity index (χ2v) is 4.68. The summed E-state index contributed by atoms with van der Waals surface area (Å²) < 4.78 is 5.71. The van der Waals surface area contributed by atoms with Crippen LogP contribution in [0.25, 0.3) is 0 Å². The van der Waals surface area contributed by atoms with Gasteiger partial charge in [-0.15, -0.1) is 5.26 Å². The van der Waals surface area contributed by atoms with Gasteiger partial charge in [-0.05, 0) is 12.8 Å². The Kier molecular flexibility index (Phi) is 4.08. The predicted octanol–water partition coefficient (Wildman–Crippen LogP) is -1.19. The largest absolute Gasteiger partial charge is 0.352 e. The number of hydrogen-bond donors (Lipinski definition) is 0. The first-order valence-corrected chi connectivity index (χ1v) is 6.20. The van der Waals surface area contributed by atoms with E-state index < -0.39 is 5.97 Å². The van der Waals surface area contributed by atoms with Gasteiger partial charge in [0.05, 0.1) is 5.92 Å². The highest BCUT2D eigenvalue weighted by atomic mass is 16.5. The SMILES string of the molecule is [B]c1cn(C)c(=O)c(N2CCC(C(=O)OC#N)CC2)n1. The van der Waals surface area contributed by atoms with Gasteiger partial charge in [0, 0.05) is 31.9 Å². The van der Waals surface area contributed by atoms with Crippen molar-refractivity contribution in [2.24, 2.45) is 13.0 Å². The number of carbonyl (C=O) groups is 1. The Morgan fingerprint density at radius 3 is 2.80 bits per heavy atom. The molecule has 8 heteroatoms. The molecule has 1 aliphatic heterocycles. The Hall–Kier alpha value is -2.30. The molecular weight excluding hydrogens is 259 g/mol. The zero-order valence-corrected chi connectivity index (χ0v) is 11.1. The topological polar surface area (TPSA) is 88.2 Å². The van der Waals surface area contributed by atoms with E-state index in [1.165, 1.54) is 17.0 Å². The molecule has 20 heavy (non-hydrogen) atoms. The van der Waals surface area contributed by atoms with E-state index in [0.717, 1.165) is 0 Å². The minimum absolute atomic E-state index is 0.225. The van der Waals surface area contributed by atoms with Crippen molar-refractivity contribution in [2.45, 2.75) is 12.8 Å². The van der Waals surface area contributed by atoms with Gasteiger partial charge in [0.15, 0.2) is 5.82 Å². The van der Waals surface area contributed by atoms with E-state index in [2.05, 4.69) is 9.72 Å². The number of esters is 1. The van der Waals surface area contributed by atoms with Crippen molar-refractivity contribution in [2.75, 3.05) is 18.0 Å². The second-order valence-electron chi connectivity index (χ2n) is 4.68. The van der Waals surface area contributed by atoms with E-state index in [4.69, 9.17) is 13.1 Å². The van der Waals surface area contributed by atoms with Gasteiger partial charge < -0.3 is 14.2 Å². The molecule has 0 atom stereocenters. The van der Waals surface area contributed by atoms with Gasteiger partial charge >= 0.3 is 5.97 Å². The van der Waals surface area contributed by atoms with Crippen LogP contribution in [0, 0.1) is 17.4 Å². The van der Waals surface area contributed by atoms with Crippen LogP contribution in [-0.2, 0) is 16.6 Å². The molecule has 0 amide bonds. The first-order valence-electron chi connectivity index (χ1n) is 6.20. The van der Waals surface area contributed by atoms with Crippen LogP contribution in [-0.4, -0.2) is 36.5 Å². The minimum atomic E-state index is -0.513. The van der Waals surface area contributed by atoms with Crippen molar-refractivity contribution >= 4 is 25.2 Å². The molecule has 1 aliphatic rings. The molecule has 2 rings (SSSR count). The molecule has 1 aromatic heterocycles. The number of aryl methyl sites for hydroxylation is 1. The summed E-state index contributed by atoms with van der Waals surface area (Å²) in [4.78, 5) is 29.3. The van der Waals surface area contributed by atoms with Gasteiger partial charge in [0.1, 0.15) is 7.85 Å². The van der Waals surface area contributed by atoms with E-state index in [1.807, 2.05) is 0 Å². The van der Waals surface area contributed by atoms with Gasteiger partial charge in [-0.25, -0.2) is 4.98 Å². The molecule has 0 aromatic carbocycles. The Morgan fingerprint density at radius 2 is 2.20 bits per heavy atom. The molecule has 102 valence electrons. The van der Waals surface area contributed by atoms with Gasteiger partial charge in [0.2, 0.25) is 0 Å². The minimum Gasteiger partial charge on any atom is -0.352 e. The maximum Gasteiger partial charge on any atom is 0.324 e. The molecule has 2 radical (unpaired) electrons. The Balaban J connectivity index is 2.10. The first kappa shape index (κ1) is 14.1. The maximum atomic E-state index is 12.0. The number of hydrogen-bond acceptors (Lipinski definition) is 6. The summed E-state index contributed by atoms with van der Waals surface area (Å²) in [5.74, 6) is -0.531. The molecule has 0 aliphatic carbocycles. The fourth-order valence-electron chi connectivity index (χ4n) is 2.28. The number of aromatic nitrogens is 2. The zero-order valence-electron chi connectivity index (χ0n) is 11.1. The third kappa shape index (κ3) is 2.82. The lowest BCUT2D eigenvalue weighted by Crippen LogP contribution is -2.42. The van der Waals surface area contributed by atoms with Gasteiger partial charge in [-0.3, -0.25) is 9.59 Å². The fraction of sp³-hybridized carbons (Fsp3) is 0.500.